The molecular weight excluding hydrogens is 390 g/mol. The van der Waals surface area contributed by atoms with Gasteiger partial charge in [-0.05, 0) is 69.7 Å². The second-order valence-electron chi connectivity index (χ2n) is 7.52. The van der Waals surface area contributed by atoms with Gasteiger partial charge < -0.3 is 14.4 Å². The Hall–Kier alpha value is -3.28. The van der Waals surface area contributed by atoms with Crippen LogP contribution in [0.3, 0.4) is 0 Å². The third-order valence-electron chi connectivity index (χ3n) is 5.29. The van der Waals surface area contributed by atoms with Crippen LogP contribution in [0.15, 0.2) is 48.5 Å². The fourth-order valence-corrected chi connectivity index (χ4v) is 3.56. The summed E-state index contributed by atoms with van der Waals surface area (Å²) in [5.74, 6) is 1.56. The van der Waals surface area contributed by atoms with Gasteiger partial charge in [0.15, 0.2) is 0 Å². The summed E-state index contributed by atoms with van der Waals surface area (Å²) in [6.07, 6.45) is 0. The van der Waals surface area contributed by atoms with Crippen molar-refractivity contribution in [3.63, 3.8) is 0 Å². The molecule has 0 fully saturated rings. The van der Waals surface area contributed by atoms with E-state index in [9.17, 15) is 4.79 Å². The van der Waals surface area contributed by atoms with E-state index in [4.69, 9.17) is 9.47 Å². The Morgan fingerprint density at radius 1 is 1.03 bits per heavy atom. The Labute approximate surface area is 184 Å². The van der Waals surface area contributed by atoms with Crippen molar-refractivity contribution in [2.45, 2.75) is 47.4 Å². The Morgan fingerprint density at radius 2 is 1.71 bits per heavy atom. The molecule has 164 valence electrons. The van der Waals surface area contributed by atoms with E-state index in [1.807, 2.05) is 74.1 Å². The maximum atomic E-state index is 13.0. The largest absolute Gasteiger partial charge is 0.494 e. The maximum absolute atomic E-state index is 13.0. The van der Waals surface area contributed by atoms with E-state index in [2.05, 4.69) is 18.9 Å². The summed E-state index contributed by atoms with van der Waals surface area (Å²) in [5.41, 5.74) is 4.77. The first-order chi connectivity index (χ1) is 14.9. The maximum Gasteiger partial charge on any atom is 0.253 e. The molecule has 31 heavy (non-hydrogen) atoms. The minimum Gasteiger partial charge on any atom is -0.494 e. The van der Waals surface area contributed by atoms with Crippen LogP contribution in [0.2, 0.25) is 0 Å². The van der Waals surface area contributed by atoms with Gasteiger partial charge in [-0.15, -0.1) is 0 Å². The molecule has 6 heteroatoms. The number of rotatable bonds is 9. The number of hydrogen-bond donors (Lipinski definition) is 0. The molecule has 0 unspecified atom stereocenters. The SMILES string of the molecule is CCOc1ccc(OCc2cccc(C(=O)N(C)Cc3c(C)nn(CC)c3C)c2)cc1. The molecule has 1 heterocycles. The van der Waals surface area contributed by atoms with Crippen LogP contribution in [0.1, 0.15) is 46.7 Å². The fraction of sp³-hybridized carbons (Fsp3) is 0.360. The van der Waals surface area contributed by atoms with Crippen LogP contribution >= 0.6 is 0 Å². The summed E-state index contributed by atoms with van der Waals surface area (Å²) in [7, 11) is 1.83. The summed E-state index contributed by atoms with van der Waals surface area (Å²) < 4.78 is 13.3. The van der Waals surface area contributed by atoms with Gasteiger partial charge >= 0.3 is 0 Å². The minimum absolute atomic E-state index is 0.0223. The predicted octanol–water partition coefficient (Wildman–Crippen LogP) is 4.77. The average molecular weight is 422 g/mol. The number of amides is 1. The topological polar surface area (TPSA) is 56.6 Å². The number of benzene rings is 2. The predicted molar refractivity (Wildman–Crippen MR) is 122 cm³/mol. The molecule has 0 saturated carbocycles. The van der Waals surface area contributed by atoms with Crippen molar-refractivity contribution in [2.24, 2.45) is 0 Å². The molecule has 1 amide bonds. The van der Waals surface area contributed by atoms with Gasteiger partial charge in [-0.1, -0.05) is 12.1 Å². The molecule has 0 spiro atoms. The van der Waals surface area contributed by atoms with E-state index < -0.39 is 0 Å². The Morgan fingerprint density at radius 3 is 2.32 bits per heavy atom. The minimum atomic E-state index is -0.0223. The monoisotopic (exact) mass is 421 g/mol. The summed E-state index contributed by atoms with van der Waals surface area (Å²) in [6.45, 7) is 10.4. The van der Waals surface area contributed by atoms with Crippen molar-refractivity contribution in [3.05, 3.63) is 76.6 Å². The van der Waals surface area contributed by atoms with Gasteiger partial charge in [-0.3, -0.25) is 9.48 Å². The highest BCUT2D eigenvalue weighted by molar-refractivity contribution is 5.94. The van der Waals surface area contributed by atoms with E-state index in [0.717, 1.165) is 40.6 Å². The third-order valence-corrected chi connectivity index (χ3v) is 5.29. The first kappa shape index (κ1) is 22.4. The second kappa shape index (κ2) is 10.2. The van der Waals surface area contributed by atoms with Crippen LogP contribution in [0.4, 0.5) is 0 Å². The van der Waals surface area contributed by atoms with Gasteiger partial charge in [-0.2, -0.15) is 5.10 Å². The van der Waals surface area contributed by atoms with Gasteiger partial charge in [0, 0.05) is 37.0 Å². The van der Waals surface area contributed by atoms with Crippen molar-refractivity contribution in [2.75, 3.05) is 13.7 Å². The number of aromatic nitrogens is 2. The van der Waals surface area contributed by atoms with E-state index in [1.165, 1.54) is 0 Å². The molecule has 0 aliphatic heterocycles. The van der Waals surface area contributed by atoms with Gasteiger partial charge in [-0.25, -0.2) is 0 Å². The van der Waals surface area contributed by atoms with Gasteiger partial charge in [0.05, 0.1) is 12.3 Å². The highest BCUT2D eigenvalue weighted by Crippen LogP contribution is 2.20. The summed E-state index contributed by atoms with van der Waals surface area (Å²) in [4.78, 5) is 14.8. The molecule has 1 aromatic heterocycles. The lowest BCUT2D eigenvalue weighted by Gasteiger charge is -2.18. The number of ether oxygens (including phenoxy) is 2. The van der Waals surface area contributed by atoms with Gasteiger partial charge in [0.1, 0.15) is 18.1 Å². The summed E-state index contributed by atoms with van der Waals surface area (Å²) in [5, 5.41) is 4.55. The lowest BCUT2D eigenvalue weighted by atomic mass is 10.1. The Bertz CT molecular complexity index is 1020. The van der Waals surface area contributed by atoms with Crippen LogP contribution in [0, 0.1) is 13.8 Å². The number of carbonyl (C=O) groups excluding carboxylic acids is 1. The molecule has 0 radical (unpaired) electrons. The molecule has 0 aliphatic carbocycles. The molecule has 6 nitrogen and oxygen atoms in total. The molecule has 0 N–H and O–H groups in total. The Kier molecular flexibility index (Phi) is 7.34. The fourth-order valence-electron chi connectivity index (χ4n) is 3.56. The van der Waals surface area contributed by atoms with Crippen molar-refractivity contribution in [1.29, 1.82) is 0 Å². The van der Waals surface area contributed by atoms with Crippen molar-refractivity contribution in [3.8, 4) is 11.5 Å². The quantitative estimate of drug-likeness (QED) is 0.499. The van der Waals surface area contributed by atoms with Crippen LogP contribution in [0.25, 0.3) is 0 Å². The molecule has 0 saturated heterocycles. The number of carbonyl (C=O) groups is 1. The van der Waals surface area contributed by atoms with Crippen LogP contribution in [-0.4, -0.2) is 34.2 Å². The van der Waals surface area contributed by atoms with Crippen molar-refractivity contribution >= 4 is 5.91 Å². The van der Waals surface area contributed by atoms with Crippen molar-refractivity contribution < 1.29 is 14.3 Å². The first-order valence-electron chi connectivity index (χ1n) is 10.7. The summed E-state index contributed by atoms with van der Waals surface area (Å²) in [6, 6.07) is 15.1. The molecule has 3 aromatic rings. The van der Waals surface area contributed by atoms with E-state index in [-0.39, 0.29) is 5.91 Å². The Balaban J connectivity index is 1.64. The standard InChI is InChI=1S/C25H31N3O3/c1-6-28-19(4)24(18(3)26-28)16-27(5)25(29)21-10-8-9-20(15-21)17-31-23-13-11-22(12-14-23)30-7-2/h8-15H,6-7,16-17H2,1-5H3. The third kappa shape index (κ3) is 5.45. The lowest BCUT2D eigenvalue weighted by molar-refractivity contribution is 0.0784. The highest BCUT2D eigenvalue weighted by Gasteiger charge is 2.17. The van der Waals surface area contributed by atoms with Gasteiger partial charge in [0.2, 0.25) is 0 Å². The van der Waals surface area contributed by atoms with Crippen molar-refractivity contribution in [1.82, 2.24) is 14.7 Å². The van der Waals surface area contributed by atoms with Crippen LogP contribution in [0.5, 0.6) is 11.5 Å². The lowest BCUT2D eigenvalue weighted by Crippen LogP contribution is -2.26. The molecule has 0 aliphatic rings. The number of aryl methyl sites for hydroxylation is 2. The average Bonchev–Trinajstić information content (AvgIpc) is 3.06. The van der Waals surface area contributed by atoms with Crippen LogP contribution < -0.4 is 9.47 Å². The molecule has 0 atom stereocenters. The van der Waals surface area contributed by atoms with Crippen LogP contribution in [-0.2, 0) is 19.7 Å². The molecule has 2 aromatic carbocycles. The van der Waals surface area contributed by atoms with E-state index >= 15 is 0 Å². The van der Waals surface area contributed by atoms with Gasteiger partial charge in [0.25, 0.3) is 5.91 Å². The zero-order chi connectivity index (χ0) is 22.4. The smallest absolute Gasteiger partial charge is 0.253 e. The molecule has 0 bridgehead atoms. The molecular formula is C25H31N3O3. The highest BCUT2D eigenvalue weighted by atomic mass is 16.5. The second-order valence-corrected chi connectivity index (χ2v) is 7.52. The molecule has 3 rings (SSSR count). The number of hydrogen-bond acceptors (Lipinski definition) is 4. The first-order valence-corrected chi connectivity index (χ1v) is 10.7. The zero-order valence-electron chi connectivity index (χ0n) is 19.0. The van der Waals surface area contributed by atoms with E-state index in [1.54, 1.807) is 4.90 Å². The summed E-state index contributed by atoms with van der Waals surface area (Å²) >= 11 is 0. The normalized spacial score (nSPS) is 10.7. The van der Waals surface area contributed by atoms with E-state index in [0.29, 0.717) is 25.3 Å². The zero-order valence-corrected chi connectivity index (χ0v) is 19.0. The number of nitrogens with zero attached hydrogens (tertiary/aromatic N) is 3.